The van der Waals surface area contributed by atoms with Crippen LogP contribution in [0.15, 0.2) is 6.07 Å². The first kappa shape index (κ1) is 15.1. The minimum atomic E-state index is -0.178. The van der Waals surface area contributed by atoms with E-state index >= 15 is 0 Å². The molecule has 0 aliphatic carbocycles. The summed E-state index contributed by atoms with van der Waals surface area (Å²) in [5.74, 6) is -0.0973. The van der Waals surface area contributed by atoms with Gasteiger partial charge in [-0.1, -0.05) is 67.2 Å². The van der Waals surface area contributed by atoms with Crippen LogP contribution in [-0.2, 0) is 0 Å². The van der Waals surface area contributed by atoms with Crippen LogP contribution in [0.2, 0.25) is 20.1 Å². The van der Waals surface area contributed by atoms with Gasteiger partial charge in [-0.05, 0) is 12.0 Å². The Hall–Kier alpha value is 0.0500. The lowest BCUT2D eigenvalue weighted by Gasteiger charge is -2.17. The van der Waals surface area contributed by atoms with Crippen molar-refractivity contribution in [2.24, 2.45) is 11.8 Å². The molecular formula is C12H12Cl4O. The van der Waals surface area contributed by atoms with E-state index in [4.69, 9.17) is 46.4 Å². The number of ketones is 1. The predicted octanol–water partition coefficient (Wildman–Crippen LogP) is 5.78. The van der Waals surface area contributed by atoms with E-state index in [1.54, 1.807) is 0 Å². The summed E-state index contributed by atoms with van der Waals surface area (Å²) >= 11 is 23.8. The molecule has 0 bridgehead atoms. The molecule has 0 heterocycles. The Morgan fingerprint density at radius 3 is 2.00 bits per heavy atom. The van der Waals surface area contributed by atoms with E-state index < -0.39 is 0 Å². The largest absolute Gasteiger partial charge is 0.294 e. The molecule has 1 aromatic rings. The first-order valence-corrected chi connectivity index (χ1v) is 6.65. The minimum Gasteiger partial charge on any atom is -0.294 e. The Morgan fingerprint density at radius 2 is 1.53 bits per heavy atom. The molecule has 0 spiro atoms. The van der Waals surface area contributed by atoms with Gasteiger partial charge in [0.1, 0.15) is 0 Å². The van der Waals surface area contributed by atoms with Gasteiger partial charge in [0.2, 0.25) is 0 Å². The zero-order valence-corrected chi connectivity index (χ0v) is 12.7. The summed E-state index contributed by atoms with van der Waals surface area (Å²) in [7, 11) is 0. The van der Waals surface area contributed by atoms with E-state index in [0.29, 0.717) is 0 Å². The Bertz CT molecular complexity index is 454. The molecule has 1 aromatic carbocycles. The summed E-state index contributed by atoms with van der Waals surface area (Å²) < 4.78 is 0. The standard InChI is InChI=1S/C12H12Cl4O/c1-5(2)6(3)12(17)9-7(13)4-8(14)10(15)11(9)16/h4-6H,1-3H3. The maximum absolute atomic E-state index is 12.2. The molecule has 0 saturated carbocycles. The van der Waals surface area contributed by atoms with Crippen molar-refractivity contribution in [3.63, 3.8) is 0 Å². The Labute approximate surface area is 121 Å². The molecule has 0 aliphatic rings. The van der Waals surface area contributed by atoms with Crippen molar-refractivity contribution >= 4 is 52.2 Å². The van der Waals surface area contributed by atoms with Crippen LogP contribution in [0.3, 0.4) is 0 Å². The molecule has 1 atom stereocenters. The summed E-state index contributed by atoms with van der Waals surface area (Å²) in [5, 5.41) is 0.774. The fourth-order valence-electron chi connectivity index (χ4n) is 1.32. The van der Waals surface area contributed by atoms with Crippen LogP contribution in [0.5, 0.6) is 0 Å². The molecule has 5 heteroatoms. The summed E-state index contributed by atoms with van der Waals surface area (Å²) in [6.45, 7) is 5.76. The van der Waals surface area contributed by atoms with E-state index in [1.807, 2.05) is 20.8 Å². The maximum Gasteiger partial charge on any atom is 0.168 e. The molecule has 0 N–H and O–H groups in total. The summed E-state index contributed by atoms with van der Waals surface area (Å²) in [5.41, 5.74) is 0.254. The van der Waals surface area contributed by atoms with Gasteiger partial charge in [0.15, 0.2) is 5.78 Å². The monoisotopic (exact) mass is 312 g/mol. The Balaban J connectivity index is 3.33. The van der Waals surface area contributed by atoms with Crippen molar-refractivity contribution < 1.29 is 4.79 Å². The van der Waals surface area contributed by atoms with Crippen LogP contribution < -0.4 is 0 Å². The Kier molecular flexibility index (Phi) is 5.15. The molecule has 1 unspecified atom stereocenters. The quantitative estimate of drug-likeness (QED) is 0.393. The van der Waals surface area contributed by atoms with Crippen molar-refractivity contribution in [3.8, 4) is 0 Å². The van der Waals surface area contributed by atoms with Gasteiger partial charge in [0, 0.05) is 5.92 Å². The first-order valence-electron chi connectivity index (χ1n) is 5.14. The number of benzene rings is 1. The van der Waals surface area contributed by atoms with Crippen LogP contribution in [0.1, 0.15) is 31.1 Å². The Morgan fingerprint density at radius 1 is 1.00 bits per heavy atom. The molecule has 94 valence electrons. The minimum absolute atomic E-state index is 0.117. The van der Waals surface area contributed by atoms with Crippen molar-refractivity contribution in [1.29, 1.82) is 0 Å². The van der Waals surface area contributed by atoms with Gasteiger partial charge in [-0.15, -0.1) is 0 Å². The van der Waals surface area contributed by atoms with Gasteiger partial charge >= 0.3 is 0 Å². The van der Waals surface area contributed by atoms with Crippen LogP contribution in [0.25, 0.3) is 0 Å². The van der Waals surface area contributed by atoms with Crippen LogP contribution in [0, 0.1) is 11.8 Å². The number of halogens is 4. The fraction of sp³-hybridized carbons (Fsp3) is 0.417. The smallest absolute Gasteiger partial charge is 0.168 e. The lowest BCUT2D eigenvalue weighted by molar-refractivity contribution is 0.0900. The lowest BCUT2D eigenvalue weighted by Crippen LogP contribution is -2.18. The summed E-state index contributed by atoms with van der Waals surface area (Å²) in [4.78, 5) is 12.2. The van der Waals surface area contributed by atoms with Gasteiger partial charge in [-0.2, -0.15) is 0 Å². The molecule has 1 rings (SSSR count). The average Bonchev–Trinajstić information content (AvgIpc) is 2.24. The van der Waals surface area contributed by atoms with Crippen LogP contribution in [0.4, 0.5) is 0 Å². The third kappa shape index (κ3) is 3.08. The number of carbonyl (C=O) groups is 1. The maximum atomic E-state index is 12.2. The van der Waals surface area contributed by atoms with Crippen LogP contribution in [-0.4, -0.2) is 5.78 Å². The molecule has 0 saturated heterocycles. The summed E-state index contributed by atoms with van der Waals surface area (Å²) in [6.07, 6.45) is 0. The van der Waals surface area contributed by atoms with Gasteiger partial charge in [-0.3, -0.25) is 4.79 Å². The highest BCUT2D eigenvalue weighted by atomic mass is 35.5. The molecule has 1 nitrogen and oxygen atoms in total. The van der Waals surface area contributed by atoms with E-state index in [9.17, 15) is 4.79 Å². The highest BCUT2D eigenvalue weighted by Gasteiger charge is 2.25. The second-order valence-electron chi connectivity index (χ2n) is 4.24. The molecule has 17 heavy (non-hydrogen) atoms. The highest BCUT2D eigenvalue weighted by molar-refractivity contribution is 6.51. The first-order chi connectivity index (χ1) is 7.77. The zero-order valence-electron chi connectivity index (χ0n) is 9.65. The number of hydrogen-bond acceptors (Lipinski definition) is 1. The van der Waals surface area contributed by atoms with Crippen molar-refractivity contribution in [3.05, 3.63) is 31.7 Å². The van der Waals surface area contributed by atoms with Gasteiger partial charge in [0.25, 0.3) is 0 Å². The topological polar surface area (TPSA) is 17.1 Å². The van der Waals surface area contributed by atoms with E-state index in [0.717, 1.165) is 0 Å². The molecule has 0 aromatic heterocycles. The van der Waals surface area contributed by atoms with Gasteiger partial charge < -0.3 is 0 Å². The zero-order chi connectivity index (χ0) is 13.3. The SMILES string of the molecule is CC(C)C(C)C(=O)c1c(Cl)cc(Cl)c(Cl)c1Cl. The number of Topliss-reactive ketones (excluding diaryl/α,β-unsaturated/α-hetero) is 1. The van der Waals surface area contributed by atoms with Crippen LogP contribution >= 0.6 is 46.4 Å². The van der Waals surface area contributed by atoms with Crippen molar-refractivity contribution in [2.45, 2.75) is 20.8 Å². The highest BCUT2D eigenvalue weighted by Crippen LogP contribution is 2.39. The number of rotatable bonds is 3. The van der Waals surface area contributed by atoms with E-state index in [1.165, 1.54) is 6.07 Å². The third-order valence-corrected chi connectivity index (χ3v) is 4.33. The third-order valence-electron chi connectivity index (χ3n) is 2.77. The molecule has 0 fully saturated rings. The number of hydrogen-bond donors (Lipinski definition) is 0. The average molecular weight is 314 g/mol. The normalized spacial score (nSPS) is 12.9. The molecule has 0 aliphatic heterocycles. The van der Waals surface area contributed by atoms with Crippen molar-refractivity contribution in [1.82, 2.24) is 0 Å². The lowest BCUT2D eigenvalue weighted by atomic mass is 9.90. The second-order valence-corrected chi connectivity index (χ2v) is 5.81. The molecule has 0 amide bonds. The van der Waals surface area contributed by atoms with Crippen molar-refractivity contribution in [2.75, 3.05) is 0 Å². The number of carbonyl (C=O) groups excluding carboxylic acids is 1. The summed E-state index contributed by atoms with van der Waals surface area (Å²) in [6, 6.07) is 1.44. The fourth-order valence-corrected chi connectivity index (χ4v) is 2.42. The predicted molar refractivity (Wildman–Crippen MR) is 74.8 cm³/mol. The second kappa shape index (κ2) is 5.79. The van der Waals surface area contributed by atoms with Gasteiger partial charge in [-0.25, -0.2) is 0 Å². The molecule has 0 radical (unpaired) electrons. The molecular weight excluding hydrogens is 302 g/mol. The van der Waals surface area contributed by atoms with Gasteiger partial charge in [0.05, 0.1) is 25.7 Å². The van der Waals surface area contributed by atoms with E-state index in [2.05, 4.69) is 0 Å². The van der Waals surface area contributed by atoms with E-state index in [-0.39, 0.29) is 43.3 Å².